The average Bonchev–Trinajstić information content (AvgIpc) is 2.65. The van der Waals surface area contributed by atoms with Crippen LogP contribution in [0.2, 0.25) is 0 Å². The minimum atomic E-state index is -0.104. The van der Waals surface area contributed by atoms with Crippen molar-refractivity contribution in [3.05, 3.63) is 29.8 Å². The fraction of sp³-hybridized carbons (Fsp3) is 0.579. The maximum atomic E-state index is 12.1. The van der Waals surface area contributed by atoms with Crippen molar-refractivity contribution in [1.82, 2.24) is 10.2 Å². The number of benzene rings is 1. The van der Waals surface area contributed by atoms with Crippen LogP contribution in [-0.4, -0.2) is 50.2 Å². The maximum absolute atomic E-state index is 12.1. The van der Waals surface area contributed by atoms with Gasteiger partial charge in [-0.3, -0.25) is 4.79 Å². The van der Waals surface area contributed by atoms with Crippen LogP contribution >= 0.6 is 0 Å². The zero-order chi connectivity index (χ0) is 18.1. The molecule has 1 atom stereocenters. The van der Waals surface area contributed by atoms with E-state index in [-0.39, 0.29) is 11.9 Å². The van der Waals surface area contributed by atoms with Crippen LogP contribution in [0.25, 0.3) is 0 Å². The summed E-state index contributed by atoms with van der Waals surface area (Å²) in [5.41, 5.74) is 1.04. The predicted octanol–water partition coefficient (Wildman–Crippen LogP) is 2.44. The Bertz CT molecular complexity index is 589. The van der Waals surface area contributed by atoms with Gasteiger partial charge in [0.1, 0.15) is 5.75 Å². The average molecular weight is 347 g/mol. The summed E-state index contributed by atoms with van der Waals surface area (Å²) in [5, 5.41) is 3.33. The molecule has 1 aliphatic heterocycles. The first-order valence-electron chi connectivity index (χ1n) is 9.01. The van der Waals surface area contributed by atoms with Crippen molar-refractivity contribution in [2.24, 2.45) is 10.9 Å². The highest BCUT2D eigenvalue weighted by atomic mass is 16.5. The molecule has 2 rings (SSSR count). The van der Waals surface area contributed by atoms with E-state index in [2.05, 4.69) is 10.2 Å². The van der Waals surface area contributed by atoms with Crippen LogP contribution in [0.3, 0.4) is 0 Å². The molecule has 0 amide bonds. The molecule has 1 saturated heterocycles. The number of para-hydroxylation sites is 1. The molecule has 1 N–H and O–H groups in total. The van der Waals surface area contributed by atoms with Crippen molar-refractivity contribution in [2.45, 2.75) is 33.2 Å². The first-order valence-corrected chi connectivity index (χ1v) is 9.01. The molecular weight excluding hydrogens is 318 g/mol. The molecule has 1 unspecified atom stereocenters. The number of methoxy groups -OCH3 is 1. The summed E-state index contributed by atoms with van der Waals surface area (Å²) in [4.78, 5) is 19.0. The molecule has 0 saturated carbocycles. The van der Waals surface area contributed by atoms with Gasteiger partial charge in [0, 0.05) is 25.2 Å². The lowest BCUT2D eigenvalue weighted by molar-refractivity contribution is -0.149. The van der Waals surface area contributed by atoms with Gasteiger partial charge in [0.05, 0.1) is 26.2 Å². The minimum Gasteiger partial charge on any atom is -0.496 e. The van der Waals surface area contributed by atoms with E-state index >= 15 is 0 Å². The van der Waals surface area contributed by atoms with Crippen molar-refractivity contribution in [1.29, 1.82) is 0 Å². The molecule has 1 heterocycles. The highest BCUT2D eigenvalue weighted by Crippen LogP contribution is 2.20. The highest BCUT2D eigenvalue weighted by Gasteiger charge is 2.28. The van der Waals surface area contributed by atoms with Gasteiger partial charge in [-0.25, -0.2) is 4.99 Å². The Morgan fingerprint density at radius 1 is 1.36 bits per heavy atom. The van der Waals surface area contributed by atoms with Gasteiger partial charge in [0.15, 0.2) is 5.96 Å². The van der Waals surface area contributed by atoms with Gasteiger partial charge < -0.3 is 19.7 Å². The number of rotatable bonds is 6. The fourth-order valence-electron chi connectivity index (χ4n) is 3.04. The van der Waals surface area contributed by atoms with Crippen LogP contribution in [0.15, 0.2) is 29.3 Å². The van der Waals surface area contributed by atoms with Crippen molar-refractivity contribution in [3.63, 3.8) is 0 Å². The molecular formula is C19H29N3O3. The van der Waals surface area contributed by atoms with E-state index in [4.69, 9.17) is 14.5 Å². The number of carbonyl (C=O) groups excluding carboxylic acids is 1. The van der Waals surface area contributed by atoms with Gasteiger partial charge in [-0.2, -0.15) is 0 Å². The van der Waals surface area contributed by atoms with Crippen molar-refractivity contribution < 1.29 is 14.3 Å². The number of likely N-dealkylation sites (tertiary alicyclic amines) is 1. The summed E-state index contributed by atoms with van der Waals surface area (Å²) in [6.07, 6.45) is 1.84. The van der Waals surface area contributed by atoms with Gasteiger partial charge >= 0.3 is 5.97 Å². The molecule has 1 aliphatic rings. The molecule has 138 valence electrons. The summed E-state index contributed by atoms with van der Waals surface area (Å²) in [7, 11) is 1.67. The van der Waals surface area contributed by atoms with Gasteiger partial charge in [-0.15, -0.1) is 0 Å². The van der Waals surface area contributed by atoms with E-state index in [1.165, 1.54) is 0 Å². The molecule has 1 aromatic carbocycles. The lowest BCUT2D eigenvalue weighted by Gasteiger charge is -2.34. The van der Waals surface area contributed by atoms with Gasteiger partial charge in [0.2, 0.25) is 0 Å². The molecule has 25 heavy (non-hydrogen) atoms. The third-order valence-corrected chi connectivity index (χ3v) is 4.27. The smallest absolute Gasteiger partial charge is 0.310 e. The van der Waals surface area contributed by atoms with Crippen LogP contribution in [0.5, 0.6) is 5.75 Å². The first kappa shape index (κ1) is 19.1. The molecule has 0 radical (unpaired) electrons. The molecule has 0 bridgehead atoms. The Morgan fingerprint density at radius 2 is 2.16 bits per heavy atom. The van der Waals surface area contributed by atoms with E-state index in [1.807, 2.05) is 38.1 Å². The predicted molar refractivity (Wildman–Crippen MR) is 98.7 cm³/mol. The quantitative estimate of drug-likeness (QED) is 0.486. The zero-order valence-electron chi connectivity index (χ0n) is 15.5. The summed E-state index contributed by atoms with van der Waals surface area (Å²) < 4.78 is 10.6. The number of ether oxygens (including phenoxy) is 2. The van der Waals surface area contributed by atoms with Gasteiger partial charge in [-0.05, 0) is 32.8 Å². The van der Waals surface area contributed by atoms with Gasteiger partial charge in [-0.1, -0.05) is 18.2 Å². The second-order valence-electron chi connectivity index (χ2n) is 6.02. The molecule has 0 aromatic heterocycles. The van der Waals surface area contributed by atoms with E-state index in [0.717, 1.165) is 43.2 Å². The van der Waals surface area contributed by atoms with Crippen molar-refractivity contribution >= 4 is 11.9 Å². The number of nitrogens with zero attached hydrogens (tertiary/aromatic N) is 2. The number of nitrogens with one attached hydrogen (secondary N) is 1. The Morgan fingerprint density at radius 3 is 2.88 bits per heavy atom. The van der Waals surface area contributed by atoms with Crippen LogP contribution in [0.4, 0.5) is 0 Å². The second kappa shape index (κ2) is 9.91. The number of aliphatic imine (C=N–C) groups is 1. The van der Waals surface area contributed by atoms with E-state index in [0.29, 0.717) is 19.7 Å². The standard InChI is InChI=1S/C19H29N3O3/c1-4-20-19(21-13-15-9-6-7-11-17(15)24-3)22-12-8-10-16(14-22)18(23)25-5-2/h6-7,9,11,16H,4-5,8,10,12-14H2,1-3H3,(H,20,21). The molecule has 6 heteroatoms. The third-order valence-electron chi connectivity index (χ3n) is 4.27. The topological polar surface area (TPSA) is 63.2 Å². The summed E-state index contributed by atoms with van der Waals surface area (Å²) >= 11 is 0. The largest absolute Gasteiger partial charge is 0.496 e. The van der Waals surface area contributed by atoms with E-state index in [1.54, 1.807) is 7.11 Å². The highest BCUT2D eigenvalue weighted by molar-refractivity contribution is 5.81. The number of guanidine groups is 1. The Labute approximate surface area is 150 Å². The third kappa shape index (κ3) is 5.37. The zero-order valence-corrected chi connectivity index (χ0v) is 15.5. The first-order chi connectivity index (χ1) is 12.2. The number of carbonyl (C=O) groups is 1. The lowest BCUT2D eigenvalue weighted by Crippen LogP contribution is -2.48. The summed E-state index contributed by atoms with van der Waals surface area (Å²) in [5.74, 6) is 1.49. The number of esters is 1. The lowest BCUT2D eigenvalue weighted by atomic mass is 9.98. The van der Waals surface area contributed by atoms with Gasteiger partial charge in [0.25, 0.3) is 0 Å². The number of hydrogen-bond donors (Lipinski definition) is 1. The van der Waals surface area contributed by atoms with Crippen molar-refractivity contribution in [2.75, 3.05) is 33.4 Å². The summed E-state index contributed by atoms with van der Waals surface area (Å²) in [6.45, 7) is 7.18. The van der Waals surface area contributed by atoms with Crippen LogP contribution < -0.4 is 10.1 Å². The van der Waals surface area contributed by atoms with Crippen LogP contribution in [0.1, 0.15) is 32.3 Å². The molecule has 1 fully saturated rings. The van der Waals surface area contributed by atoms with Crippen LogP contribution in [0, 0.1) is 5.92 Å². The molecule has 0 aliphatic carbocycles. The molecule has 6 nitrogen and oxygen atoms in total. The Balaban J connectivity index is 2.09. The van der Waals surface area contributed by atoms with E-state index in [9.17, 15) is 4.79 Å². The fourth-order valence-corrected chi connectivity index (χ4v) is 3.04. The summed E-state index contributed by atoms with van der Waals surface area (Å²) in [6, 6.07) is 7.89. The van der Waals surface area contributed by atoms with Crippen LogP contribution in [-0.2, 0) is 16.1 Å². The molecule has 1 aromatic rings. The van der Waals surface area contributed by atoms with E-state index < -0.39 is 0 Å². The second-order valence-corrected chi connectivity index (χ2v) is 6.02. The van der Waals surface area contributed by atoms with Crippen molar-refractivity contribution in [3.8, 4) is 5.75 Å². The number of piperidine rings is 1. The molecule has 0 spiro atoms. The number of hydrogen-bond acceptors (Lipinski definition) is 4. The monoisotopic (exact) mass is 347 g/mol. The normalized spacial score (nSPS) is 18.0. The Hall–Kier alpha value is -2.24. The SMILES string of the molecule is CCNC(=NCc1ccccc1OC)N1CCCC(C(=O)OCC)C1. The maximum Gasteiger partial charge on any atom is 0.310 e. The Kier molecular flexibility index (Phi) is 7.57. The minimum absolute atomic E-state index is 0.0798.